The van der Waals surface area contributed by atoms with E-state index in [9.17, 15) is 14.0 Å². The predicted octanol–water partition coefficient (Wildman–Crippen LogP) is 5.22. The van der Waals surface area contributed by atoms with E-state index in [0.29, 0.717) is 27.1 Å². The first-order valence-electron chi connectivity index (χ1n) is 8.56. The molecule has 0 bridgehead atoms. The monoisotopic (exact) mass is 460 g/mol. The van der Waals surface area contributed by atoms with Gasteiger partial charge in [-0.05, 0) is 66.8 Å². The summed E-state index contributed by atoms with van der Waals surface area (Å²) in [6, 6.07) is 13.5. The molecule has 0 atom stereocenters. The van der Waals surface area contributed by atoms with Gasteiger partial charge in [-0.15, -0.1) is 0 Å². The fraction of sp³-hybridized carbons (Fsp3) is 0. The Morgan fingerprint density at radius 3 is 2.50 bits per heavy atom. The lowest BCUT2D eigenvalue weighted by Crippen LogP contribution is -2.54. The van der Waals surface area contributed by atoms with Crippen molar-refractivity contribution >= 4 is 64.1 Å². The molecule has 5 nitrogen and oxygen atoms in total. The van der Waals surface area contributed by atoms with Crippen molar-refractivity contribution in [2.45, 2.75) is 0 Å². The van der Waals surface area contributed by atoms with Gasteiger partial charge in [-0.2, -0.15) is 0 Å². The van der Waals surface area contributed by atoms with Gasteiger partial charge < -0.3 is 4.42 Å². The van der Waals surface area contributed by atoms with E-state index in [1.807, 2.05) is 0 Å². The topological polar surface area (TPSA) is 62.6 Å². The number of furan rings is 1. The largest absolute Gasteiger partial charge is 0.457 e. The van der Waals surface area contributed by atoms with E-state index < -0.39 is 17.6 Å². The fourth-order valence-corrected chi connectivity index (χ4v) is 3.57. The number of halogens is 3. The molecule has 4 rings (SSSR count). The third-order valence-electron chi connectivity index (χ3n) is 4.32. The lowest BCUT2D eigenvalue weighted by molar-refractivity contribution is -0.122. The Morgan fingerprint density at radius 2 is 1.77 bits per heavy atom. The summed E-state index contributed by atoms with van der Waals surface area (Å²) in [5, 5.41) is 3.05. The standard InChI is InChI=1S/C21H11Cl2FN2O3S/c22-16-3-1-2-14(18(16)23)17-9-8-13(29-17)10-15-19(27)25-21(30)26(20(15)28)12-6-4-11(24)5-7-12/h1-10H,(H,25,27,30)/b15-10+. The maximum absolute atomic E-state index is 13.2. The number of carbonyl (C=O) groups is 2. The highest BCUT2D eigenvalue weighted by atomic mass is 35.5. The molecule has 150 valence electrons. The maximum Gasteiger partial charge on any atom is 0.270 e. The zero-order valence-electron chi connectivity index (χ0n) is 15.0. The van der Waals surface area contributed by atoms with Crippen molar-refractivity contribution in [1.29, 1.82) is 0 Å². The van der Waals surface area contributed by atoms with Gasteiger partial charge in [0, 0.05) is 5.56 Å². The minimum atomic E-state index is -0.665. The molecule has 0 spiro atoms. The third kappa shape index (κ3) is 3.75. The van der Waals surface area contributed by atoms with E-state index in [4.69, 9.17) is 39.8 Å². The molecule has 0 aliphatic carbocycles. The Balaban J connectivity index is 1.69. The van der Waals surface area contributed by atoms with Crippen LogP contribution in [0.4, 0.5) is 10.1 Å². The van der Waals surface area contributed by atoms with Crippen LogP contribution in [-0.2, 0) is 9.59 Å². The number of anilines is 1. The molecule has 3 aromatic rings. The normalized spacial score (nSPS) is 15.6. The van der Waals surface area contributed by atoms with E-state index in [1.54, 1.807) is 30.3 Å². The first-order valence-corrected chi connectivity index (χ1v) is 9.73. The van der Waals surface area contributed by atoms with Crippen LogP contribution < -0.4 is 10.2 Å². The van der Waals surface area contributed by atoms with Gasteiger partial charge in [0.05, 0.1) is 15.7 Å². The molecule has 30 heavy (non-hydrogen) atoms. The molecule has 1 saturated heterocycles. The smallest absolute Gasteiger partial charge is 0.270 e. The summed E-state index contributed by atoms with van der Waals surface area (Å²) in [6.07, 6.45) is 1.30. The van der Waals surface area contributed by atoms with Crippen molar-refractivity contribution < 1.29 is 18.4 Å². The Kier molecular flexibility index (Phi) is 5.42. The van der Waals surface area contributed by atoms with E-state index in [-0.39, 0.29) is 16.4 Å². The SMILES string of the molecule is O=C1NC(=S)N(c2ccc(F)cc2)C(=O)/C1=C/c1ccc(-c2cccc(Cl)c2Cl)o1. The highest BCUT2D eigenvalue weighted by Gasteiger charge is 2.34. The molecule has 0 saturated carbocycles. The van der Waals surface area contributed by atoms with Crippen LogP contribution in [0.2, 0.25) is 10.0 Å². The lowest BCUT2D eigenvalue weighted by Gasteiger charge is -2.28. The number of hydrogen-bond acceptors (Lipinski definition) is 4. The Morgan fingerprint density at radius 1 is 1.03 bits per heavy atom. The zero-order valence-corrected chi connectivity index (χ0v) is 17.3. The second-order valence-electron chi connectivity index (χ2n) is 6.24. The number of thiocarbonyl (C=S) groups is 1. The summed E-state index contributed by atoms with van der Waals surface area (Å²) in [4.78, 5) is 26.4. The Hall–Kier alpha value is -3.00. The van der Waals surface area contributed by atoms with Gasteiger partial charge in [0.25, 0.3) is 11.8 Å². The van der Waals surface area contributed by atoms with Gasteiger partial charge in [0.1, 0.15) is 22.9 Å². The molecule has 1 fully saturated rings. The lowest BCUT2D eigenvalue weighted by atomic mass is 10.1. The molecule has 9 heteroatoms. The predicted molar refractivity (Wildman–Crippen MR) is 117 cm³/mol. The van der Waals surface area contributed by atoms with Crippen LogP contribution in [-0.4, -0.2) is 16.9 Å². The van der Waals surface area contributed by atoms with Crippen LogP contribution in [0.1, 0.15) is 5.76 Å². The number of carbonyl (C=O) groups excluding carboxylic acids is 2. The number of nitrogens with one attached hydrogen (secondary N) is 1. The minimum Gasteiger partial charge on any atom is -0.457 e. The summed E-state index contributed by atoms with van der Waals surface area (Å²) in [5.41, 5.74) is 0.705. The number of rotatable bonds is 3. The van der Waals surface area contributed by atoms with Gasteiger partial charge in [0.15, 0.2) is 5.11 Å². The molecule has 2 aromatic carbocycles. The average molecular weight is 461 g/mol. The summed E-state index contributed by atoms with van der Waals surface area (Å²) >= 11 is 17.4. The van der Waals surface area contributed by atoms with Crippen LogP contribution in [0.25, 0.3) is 17.4 Å². The molecule has 1 N–H and O–H groups in total. The van der Waals surface area contributed by atoms with Gasteiger partial charge in [-0.25, -0.2) is 4.39 Å². The van der Waals surface area contributed by atoms with E-state index in [2.05, 4.69) is 5.32 Å². The zero-order chi connectivity index (χ0) is 21.4. The average Bonchev–Trinajstić information content (AvgIpc) is 3.17. The van der Waals surface area contributed by atoms with Gasteiger partial charge in [-0.3, -0.25) is 19.8 Å². The van der Waals surface area contributed by atoms with Crippen LogP contribution in [0.3, 0.4) is 0 Å². The van der Waals surface area contributed by atoms with E-state index in [0.717, 1.165) is 4.90 Å². The molecule has 0 unspecified atom stereocenters. The summed E-state index contributed by atoms with van der Waals surface area (Å²) in [6.45, 7) is 0. The van der Waals surface area contributed by atoms with Gasteiger partial charge >= 0.3 is 0 Å². The highest BCUT2D eigenvalue weighted by molar-refractivity contribution is 7.80. The van der Waals surface area contributed by atoms with Crippen LogP contribution in [0, 0.1) is 5.82 Å². The molecular weight excluding hydrogens is 450 g/mol. The van der Waals surface area contributed by atoms with Gasteiger partial charge in [-0.1, -0.05) is 29.3 Å². The summed E-state index contributed by atoms with van der Waals surface area (Å²) < 4.78 is 19.0. The third-order valence-corrected chi connectivity index (χ3v) is 5.42. The van der Waals surface area contributed by atoms with Crippen molar-refractivity contribution in [1.82, 2.24) is 5.32 Å². The molecule has 2 heterocycles. The Labute approximate surface area is 185 Å². The highest BCUT2D eigenvalue weighted by Crippen LogP contribution is 2.34. The fourth-order valence-electron chi connectivity index (χ4n) is 2.89. The number of nitrogens with zero attached hydrogens (tertiary/aromatic N) is 1. The molecule has 2 amide bonds. The van der Waals surface area contributed by atoms with Crippen LogP contribution >= 0.6 is 35.4 Å². The first kappa shape index (κ1) is 20.3. The molecule has 0 radical (unpaired) electrons. The van der Waals surface area contributed by atoms with Crippen LogP contribution in [0.5, 0.6) is 0 Å². The van der Waals surface area contributed by atoms with Crippen molar-refractivity contribution in [3.63, 3.8) is 0 Å². The first-order chi connectivity index (χ1) is 14.3. The van der Waals surface area contributed by atoms with E-state index >= 15 is 0 Å². The van der Waals surface area contributed by atoms with Crippen molar-refractivity contribution in [3.8, 4) is 11.3 Å². The number of hydrogen-bond donors (Lipinski definition) is 1. The maximum atomic E-state index is 13.2. The second-order valence-corrected chi connectivity index (χ2v) is 7.41. The quantitative estimate of drug-likeness (QED) is 0.330. The van der Waals surface area contributed by atoms with Crippen LogP contribution in [0.15, 0.2) is 64.6 Å². The van der Waals surface area contributed by atoms with Crippen molar-refractivity contribution in [2.75, 3.05) is 4.90 Å². The molecule has 1 aromatic heterocycles. The molecular formula is C21H11Cl2FN2O3S. The number of benzene rings is 2. The second kappa shape index (κ2) is 8.02. The van der Waals surface area contributed by atoms with Crippen molar-refractivity contribution in [3.05, 3.63) is 81.8 Å². The van der Waals surface area contributed by atoms with Crippen molar-refractivity contribution in [2.24, 2.45) is 0 Å². The van der Waals surface area contributed by atoms with E-state index in [1.165, 1.54) is 30.3 Å². The number of amides is 2. The molecule has 1 aliphatic rings. The minimum absolute atomic E-state index is 0.0976. The summed E-state index contributed by atoms with van der Waals surface area (Å²) in [5.74, 6) is -1.11. The molecule has 1 aliphatic heterocycles. The Bertz CT molecular complexity index is 1220. The van der Waals surface area contributed by atoms with Gasteiger partial charge in [0.2, 0.25) is 0 Å². The summed E-state index contributed by atoms with van der Waals surface area (Å²) in [7, 11) is 0.